The fourth-order valence-electron chi connectivity index (χ4n) is 2.40. The quantitative estimate of drug-likeness (QED) is 0.880. The molecule has 1 aromatic heterocycles. The molecule has 0 bridgehead atoms. The van der Waals surface area contributed by atoms with Crippen molar-refractivity contribution in [3.05, 3.63) is 30.1 Å². The van der Waals surface area contributed by atoms with E-state index in [2.05, 4.69) is 9.55 Å². The summed E-state index contributed by atoms with van der Waals surface area (Å²) in [6.45, 7) is 2.56. The highest BCUT2D eigenvalue weighted by Gasteiger charge is 2.20. The third kappa shape index (κ3) is 2.61. The maximum absolute atomic E-state index is 11.4. The molecule has 0 aliphatic heterocycles. The zero-order chi connectivity index (χ0) is 14.0. The molecule has 5 heteroatoms. The van der Waals surface area contributed by atoms with Crippen LogP contribution in [0.3, 0.4) is 0 Å². The number of likely N-dealkylation sites (N-methyl/N-ethyl adjacent to an activating group) is 1. The Labute approximate surface area is 113 Å². The van der Waals surface area contributed by atoms with Gasteiger partial charge in [-0.05, 0) is 25.6 Å². The molecule has 1 aromatic carbocycles. The van der Waals surface area contributed by atoms with Gasteiger partial charge in [0.25, 0.3) is 0 Å². The van der Waals surface area contributed by atoms with Crippen LogP contribution in [0.2, 0.25) is 0 Å². The van der Waals surface area contributed by atoms with E-state index in [0.717, 1.165) is 16.9 Å². The number of nitrogens with two attached hydrogens (primary N) is 1. The van der Waals surface area contributed by atoms with E-state index in [1.165, 1.54) is 0 Å². The number of primary amides is 1. The summed E-state index contributed by atoms with van der Waals surface area (Å²) in [5.74, 6) is 0.646. The molecule has 1 unspecified atom stereocenters. The van der Waals surface area contributed by atoms with Gasteiger partial charge in [0, 0.05) is 7.05 Å². The zero-order valence-electron chi connectivity index (χ0n) is 11.6. The molecule has 0 fully saturated rings. The van der Waals surface area contributed by atoms with Crippen molar-refractivity contribution in [2.24, 2.45) is 12.8 Å². The van der Waals surface area contributed by atoms with E-state index in [1.807, 2.05) is 50.2 Å². The molecule has 1 amide bonds. The predicted molar refractivity (Wildman–Crippen MR) is 75.5 cm³/mol. The largest absolute Gasteiger partial charge is 0.368 e. The number of nitrogens with zero attached hydrogens (tertiary/aromatic N) is 3. The van der Waals surface area contributed by atoms with E-state index >= 15 is 0 Å². The summed E-state index contributed by atoms with van der Waals surface area (Å²) in [6, 6.07) is 7.75. The molecule has 19 heavy (non-hydrogen) atoms. The van der Waals surface area contributed by atoms with Crippen molar-refractivity contribution < 1.29 is 4.79 Å². The molecule has 0 radical (unpaired) electrons. The van der Waals surface area contributed by atoms with Crippen LogP contribution >= 0.6 is 0 Å². The van der Waals surface area contributed by atoms with Crippen LogP contribution in [0.25, 0.3) is 11.0 Å². The minimum absolute atomic E-state index is 0.250. The van der Waals surface area contributed by atoms with E-state index in [-0.39, 0.29) is 11.9 Å². The molecule has 2 N–H and O–H groups in total. The van der Waals surface area contributed by atoms with Crippen molar-refractivity contribution in [1.29, 1.82) is 0 Å². The first-order chi connectivity index (χ1) is 9.04. The fourth-order valence-corrected chi connectivity index (χ4v) is 2.40. The average Bonchev–Trinajstić information content (AvgIpc) is 2.67. The number of aromatic nitrogens is 2. The maximum Gasteiger partial charge on any atom is 0.234 e. The van der Waals surface area contributed by atoms with Crippen molar-refractivity contribution in [3.63, 3.8) is 0 Å². The van der Waals surface area contributed by atoms with Crippen LogP contribution < -0.4 is 5.73 Å². The number of aryl methyl sites for hydroxylation is 1. The SMILES string of the molecule is CCC(C(N)=O)N(C)Cc1nc2ccccc2n1C. The summed E-state index contributed by atoms with van der Waals surface area (Å²) >= 11 is 0. The summed E-state index contributed by atoms with van der Waals surface area (Å²) in [5.41, 5.74) is 7.48. The molecule has 102 valence electrons. The highest BCUT2D eigenvalue weighted by Crippen LogP contribution is 2.16. The summed E-state index contributed by atoms with van der Waals surface area (Å²) in [6.07, 6.45) is 0.704. The first kappa shape index (κ1) is 13.5. The van der Waals surface area contributed by atoms with Gasteiger partial charge in [-0.1, -0.05) is 19.1 Å². The standard InChI is InChI=1S/C14H20N4O/c1-4-11(14(15)19)17(2)9-13-16-10-7-5-6-8-12(10)18(13)3/h5-8,11H,4,9H2,1-3H3,(H2,15,19). The van der Waals surface area contributed by atoms with Crippen LogP contribution in [-0.4, -0.2) is 33.4 Å². The van der Waals surface area contributed by atoms with Gasteiger partial charge in [-0.2, -0.15) is 0 Å². The highest BCUT2D eigenvalue weighted by atomic mass is 16.1. The number of imidazole rings is 1. The third-order valence-corrected chi connectivity index (χ3v) is 3.52. The van der Waals surface area contributed by atoms with Crippen LogP contribution in [0.1, 0.15) is 19.2 Å². The van der Waals surface area contributed by atoms with Gasteiger partial charge in [0.2, 0.25) is 5.91 Å². The van der Waals surface area contributed by atoms with Crippen LogP contribution in [0.4, 0.5) is 0 Å². The Morgan fingerprint density at radius 2 is 2.16 bits per heavy atom. The minimum atomic E-state index is -0.288. The van der Waals surface area contributed by atoms with E-state index < -0.39 is 0 Å². The van der Waals surface area contributed by atoms with Crippen molar-refractivity contribution >= 4 is 16.9 Å². The van der Waals surface area contributed by atoms with E-state index in [0.29, 0.717) is 13.0 Å². The molecule has 0 aliphatic rings. The fraction of sp³-hybridized carbons (Fsp3) is 0.429. The van der Waals surface area contributed by atoms with E-state index in [9.17, 15) is 4.79 Å². The summed E-state index contributed by atoms with van der Waals surface area (Å²) in [5, 5.41) is 0. The number of hydrogen-bond donors (Lipinski definition) is 1. The first-order valence-electron chi connectivity index (χ1n) is 6.44. The Kier molecular flexibility index (Phi) is 3.85. The van der Waals surface area contributed by atoms with Crippen LogP contribution in [0, 0.1) is 0 Å². The highest BCUT2D eigenvalue weighted by molar-refractivity contribution is 5.79. The molecule has 1 heterocycles. The van der Waals surface area contributed by atoms with Gasteiger partial charge in [0.1, 0.15) is 5.82 Å². The smallest absolute Gasteiger partial charge is 0.234 e. The number of amides is 1. The normalized spacial score (nSPS) is 13.1. The van der Waals surface area contributed by atoms with Gasteiger partial charge in [-0.3, -0.25) is 9.69 Å². The minimum Gasteiger partial charge on any atom is -0.368 e. The van der Waals surface area contributed by atoms with Crippen LogP contribution in [-0.2, 0) is 18.4 Å². The predicted octanol–water partition coefficient (Wildman–Crippen LogP) is 1.27. The second kappa shape index (κ2) is 5.40. The molecule has 2 aromatic rings. The summed E-state index contributed by atoms with van der Waals surface area (Å²) in [4.78, 5) is 17.9. The average molecular weight is 260 g/mol. The number of carbonyl (C=O) groups is 1. The first-order valence-corrected chi connectivity index (χ1v) is 6.44. The summed E-state index contributed by atoms with van der Waals surface area (Å²) in [7, 11) is 3.89. The number of benzene rings is 1. The monoisotopic (exact) mass is 260 g/mol. The van der Waals surface area contributed by atoms with Gasteiger partial charge in [-0.25, -0.2) is 4.98 Å². The number of para-hydroxylation sites is 2. The van der Waals surface area contributed by atoms with Crippen molar-refractivity contribution in [3.8, 4) is 0 Å². The molecule has 5 nitrogen and oxygen atoms in total. The molecule has 2 rings (SSSR count). The van der Waals surface area contributed by atoms with Crippen LogP contribution in [0.5, 0.6) is 0 Å². The number of fused-ring (bicyclic) bond motifs is 1. The van der Waals surface area contributed by atoms with Crippen molar-refractivity contribution in [1.82, 2.24) is 14.5 Å². The Balaban J connectivity index is 2.26. The third-order valence-electron chi connectivity index (χ3n) is 3.52. The Hall–Kier alpha value is -1.88. The van der Waals surface area contributed by atoms with Gasteiger partial charge in [0.05, 0.1) is 23.6 Å². The Morgan fingerprint density at radius 3 is 2.74 bits per heavy atom. The van der Waals surface area contributed by atoms with Gasteiger partial charge >= 0.3 is 0 Å². The number of rotatable bonds is 5. The number of carbonyl (C=O) groups excluding carboxylic acids is 1. The molecule has 0 saturated heterocycles. The second-order valence-corrected chi connectivity index (χ2v) is 4.82. The van der Waals surface area contributed by atoms with Gasteiger partial charge < -0.3 is 10.3 Å². The Morgan fingerprint density at radius 1 is 1.47 bits per heavy atom. The molecule has 0 spiro atoms. The number of hydrogen-bond acceptors (Lipinski definition) is 3. The maximum atomic E-state index is 11.4. The molecular weight excluding hydrogens is 240 g/mol. The van der Waals surface area contributed by atoms with Gasteiger partial charge in [0.15, 0.2) is 0 Å². The summed E-state index contributed by atoms with van der Waals surface area (Å²) < 4.78 is 2.06. The van der Waals surface area contributed by atoms with E-state index in [4.69, 9.17) is 5.73 Å². The zero-order valence-corrected chi connectivity index (χ0v) is 11.6. The lowest BCUT2D eigenvalue weighted by Crippen LogP contribution is -2.42. The van der Waals surface area contributed by atoms with E-state index in [1.54, 1.807) is 0 Å². The lowest BCUT2D eigenvalue weighted by atomic mass is 10.2. The van der Waals surface area contributed by atoms with Gasteiger partial charge in [-0.15, -0.1) is 0 Å². The molecule has 0 aliphatic carbocycles. The lowest BCUT2D eigenvalue weighted by Gasteiger charge is -2.23. The molecule has 0 saturated carbocycles. The topological polar surface area (TPSA) is 64.2 Å². The van der Waals surface area contributed by atoms with Crippen LogP contribution in [0.15, 0.2) is 24.3 Å². The lowest BCUT2D eigenvalue weighted by molar-refractivity contribution is -0.123. The second-order valence-electron chi connectivity index (χ2n) is 4.82. The molecular formula is C14H20N4O. The van der Waals surface area contributed by atoms with Crippen molar-refractivity contribution in [2.45, 2.75) is 25.9 Å². The molecule has 1 atom stereocenters. The Bertz CT molecular complexity index is 590. The van der Waals surface area contributed by atoms with Crippen molar-refractivity contribution in [2.75, 3.05) is 7.05 Å².